The SMILES string of the molecule is CCn1cc(CNC[C@H](C)OC)cc(C(=O)Nc2cc(-c3ccc(C#N)cc3C(=O)N3CC(F)(F)C3)cc(C3CC3)n2)c1=O. The molecule has 1 atom stereocenters. The molecule has 0 unspecified atom stereocenters. The minimum absolute atomic E-state index is 0.00682. The third-order valence-electron chi connectivity index (χ3n) is 7.80. The lowest BCUT2D eigenvalue weighted by atomic mass is 9.95. The number of hydrogen-bond acceptors (Lipinski definition) is 7. The number of ether oxygens (including phenoxy) is 1. The van der Waals surface area contributed by atoms with Crippen LogP contribution in [-0.4, -0.2) is 65.0 Å². The van der Waals surface area contributed by atoms with Crippen LogP contribution in [0.25, 0.3) is 11.1 Å². The molecule has 1 aromatic carbocycles. The number of carbonyl (C=O) groups is 2. The average Bonchev–Trinajstić information content (AvgIpc) is 3.85. The number of nitrogens with one attached hydrogen (secondary N) is 2. The van der Waals surface area contributed by atoms with E-state index in [1.54, 1.807) is 37.6 Å². The molecule has 2 amide bonds. The molecule has 0 spiro atoms. The normalized spacial score (nSPS) is 16.1. The van der Waals surface area contributed by atoms with Crippen molar-refractivity contribution in [3.8, 4) is 17.2 Å². The van der Waals surface area contributed by atoms with Gasteiger partial charge < -0.3 is 24.8 Å². The third-order valence-corrected chi connectivity index (χ3v) is 7.80. The number of amides is 2. The Bertz CT molecular complexity index is 1690. The van der Waals surface area contributed by atoms with Crippen LogP contribution >= 0.6 is 0 Å². The number of rotatable bonds is 11. The molecule has 1 saturated heterocycles. The predicted molar refractivity (Wildman–Crippen MR) is 160 cm³/mol. The Kier molecular flexibility index (Phi) is 8.90. The van der Waals surface area contributed by atoms with Gasteiger partial charge in [0.25, 0.3) is 23.3 Å². The molecule has 3 aromatic rings. The van der Waals surface area contributed by atoms with Crippen molar-refractivity contribution in [3.05, 3.63) is 80.9 Å². The number of benzene rings is 1. The van der Waals surface area contributed by atoms with Gasteiger partial charge in [0.05, 0.1) is 30.8 Å². The van der Waals surface area contributed by atoms with Crippen molar-refractivity contribution >= 4 is 17.6 Å². The molecule has 44 heavy (non-hydrogen) atoms. The van der Waals surface area contributed by atoms with Crippen LogP contribution in [0.4, 0.5) is 14.6 Å². The van der Waals surface area contributed by atoms with Crippen LogP contribution < -0.4 is 16.2 Å². The number of halogens is 2. The Morgan fingerprint density at radius 2 is 1.93 bits per heavy atom. The molecule has 2 aliphatic rings. The van der Waals surface area contributed by atoms with Gasteiger partial charge in [0.1, 0.15) is 11.4 Å². The maximum atomic E-state index is 13.6. The van der Waals surface area contributed by atoms with E-state index in [0.717, 1.165) is 23.3 Å². The molecule has 1 aliphatic carbocycles. The van der Waals surface area contributed by atoms with Crippen LogP contribution in [0.3, 0.4) is 0 Å². The molecule has 0 radical (unpaired) electrons. The first kappa shape index (κ1) is 31.0. The first-order valence-electron chi connectivity index (χ1n) is 14.5. The molecule has 3 heterocycles. The largest absolute Gasteiger partial charge is 0.380 e. The number of alkyl halides is 2. The third kappa shape index (κ3) is 6.85. The van der Waals surface area contributed by atoms with E-state index >= 15 is 0 Å². The molecule has 0 bridgehead atoms. The van der Waals surface area contributed by atoms with Gasteiger partial charge in [0.15, 0.2) is 0 Å². The molecule has 12 heteroatoms. The molecule has 2 fully saturated rings. The molecule has 230 valence electrons. The summed E-state index contributed by atoms with van der Waals surface area (Å²) in [6.07, 6.45) is 3.52. The van der Waals surface area contributed by atoms with E-state index in [-0.39, 0.29) is 34.5 Å². The molecule has 5 rings (SSSR count). The highest BCUT2D eigenvalue weighted by atomic mass is 19.3. The first-order valence-corrected chi connectivity index (χ1v) is 14.5. The van der Waals surface area contributed by atoms with Crippen molar-refractivity contribution in [3.63, 3.8) is 0 Å². The van der Waals surface area contributed by atoms with Crippen LogP contribution in [0, 0.1) is 11.3 Å². The lowest BCUT2D eigenvalue weighted by molar-refractivity contribution is -0.113. The second kappa shape index (κ2) is 12.6. The maximum Gasteiger partial charge on any atom is 0.282 e. The fourth-order valence-electron chi connectivity index (χ4n) is 5.11. The second-order valence-corrected chi connectivity index (χ2v) is 11.3. The van der Waals surface area contributed by atoms with Crippen molar-refractivity contribution in [1.82, 2.24) is 19.8 Å². The Morgan fingerprint density at radius 1 is 1.18 bits per heavy atom. The van der Waals surface area contributed by atoms with Gasteiger partial charge in [-0.2, -0.15) is 5.26 Å². The van der Waals surface area contributed by atoms with E-state index < -0.39 is 36.4 Å². The fraction of sp³-hybridized carbons (Fsp3) is 0.406. The Balaban J connectivity index is 1.47. The van der Waals surface area contributed by atoms with Crippen molar-refractivity contribution in [1.29, 1.82) is 5.26 Å². The summed E-state index contributed by atoms with van der Waals surface area (Å²) >= 11 is 0. The van der Waals surface area contributed by atoms with E-state index in [1.165, 1.54) is 10.6 Å². The van der Waals surface area contributed by atoms with Crippen LogP contribution in [0.5, 0.6) is 0 Å². The van der Waals surface area contributed by atoms with Crippen LogP contribution in [0.2, 0.25) is 0 Å². The van der Waals surface area contributed by atoms with Gasteiger partial charge in [-0.3, -0.25) is 14.4 Å². The lowest BCUT2D eigenvalue weighted by Gasteiger charge is -2.39. The van der Waals surface area contributed by atoms with Crippen LogP contribution in [0.15, 0.2) is 47.4 Å². The van der Waals surface area contributed by atoms with Crippen molar-refractivity contribution in [2.45, 2.75) is 57.7 Å². The van der Waals surface area contributed by atoms with E-state index in [9.17, 15) is 28.4 Å². The van der Waals surface area contributed by atoms with Gasteiger partial charge in [0.2, 0.25) is 0 Å². The van der Waals surface area contributed by atoms with Gasteiger partial charge in [-0.25, -0.2) is 13.8 Å². The van der Waals surface area contributed by atoms with E-state index in [4.69, 9.17) is 4.74 Å². The summed E-state index contributed by atoms with van der Waals surface area (Å²) < 4.78 is 33.9. The summed E-state index contributed by atoms with van der Waals surface area (Å²) in [5, 5.41) is 15.5. The number of pyridine rings is 2. The molecular weight excluding hydrogens is 570 g/mol. The highest BCUT2D eigenvalue weighted by Gasteiger charge is 2.46. The topological polar surface area (TPSA) is 129 Å². The lowest BCUT2D eigenvalue weighted by Crippen LogP contribution is -2.58. The van der Waals surface area contributed by atoms with Gasteiger partial charge in [-0.05, 0) is 73.7 Å². The summed E-state index contributed by atoms with van der Waals surface area (Å²) in [4.78, 5) is 45.6. The number of nitriles is 1. The van der Waals surface area contributed by atoms with Crippen molar-refractivity contribution in [2.75, 3.05) is 32.1 Å². The molecule has 1 aliphatic heterocycles. The molecular formula is C32H34F2N6O4. The number of hydrogen-bond donors (Lipinski definition) is 2. The smallest absolute Gasteiger partial charge is 0.282 e. The number of aryl methyl sites for hydroxylation is 1. The predicted octanol–water partition coefficient (Wildman–Crippen LogP) is 4.15. The Hall–Kier alpha value is -4.47. The van der Waals surface area contributed by atoms with Crippen molar-refractivity contribution < 1.29 is 23.1 Å². The quantitative estimate of drug-likeness (QED) is 0.337. The Morgan fingerprint density at radius 3 is 2.57 bits per heavy atom. The summed E-state index contributed by atoms with van der Waals surface area (Å²) in [7, 11) is 1.62. The standard InChI is InChI=1S/C32H34F2N6O4/c1-4-39-16-21(15-36-14-19(2)44-3)10-26(31(39)43)29(41)38-28-12-23(11-27(37-28)22-6-7-22)24-8-5-20(13-35)9-25(24)30(42)40-17-32(33,34)18-40/h5,8-12,16,19,22,36H,4,6-7,14-15,17-18H2,1-3H3,(H,37,38,41)/t19-/m0/s1. The van der Waals surface area contributed by atoms with Gasteiger partial charge in [0, 0.05) is 50.1 Å². The van der Waals surface area contributed by atoms with Gasteiger partial charge >= 0.3 is 0 Å². The number of anilines is 1. The Labute approximate surface area is 253 Å². The van der Waals surface area contributed by atoms with E-state index in [1.807, 2.05) is 26.0 Å². The molecule has 2 aromatic heterocycles. The molecule has 1 saturated carbocycles. The van der Waals surface area contributed by atoms with E-state index in [0.29, 0.717) is 36.5 Å². The second-order valence-electron chi connectivity index (χ2n) is 11.3. The van der Waals surface area contributed by atoms with Gasteiger partial charge in [-0.15, -0.1) is 0 Å². The maximum absolute atomic E-state index is 13.6. The fourth-order valence-corrected chi connectivity index (χ4v) is 5.11. The highest BCUT2D eigenvalue weighted by molar-refractivity contribution is 6.05. The average molecular weight is 605 g/mol. The number of likely N-dealkylation sites (tertiary alicyclic amines) is 1. The summed E-state index contributed by atoms with van der Waals surface area (Å²) in [5.74, 6) is -3.83. The number of methoxy groups -OCH3 is 1. The van der Waals surface area contributed by atoms with Crippen molar-refractivity contribution in [2.24, 2.45) is 0 Å². The molecule has 10 nitrogen and oxygen atoms in total. The zero-order chi connectivity index (χ0) is 31.6. The minimum Gasteiger partial charge on any atom is -0.380 e. The number of aromatic nitrogens is 2. The van der Waals surface area contributed by atoms with E-state index in [2.05, 4.69) is 15.6 Å². The monoisotopic (exact) mass is 604 g/mol. The van der Waals surface area contributed by atoms with Crippen LogP contribution in [-0.2, 0) is 17.8 Å². The minimum atomic E-state index is -2.94. The molecule has 2 N–H and O–H groups in total. The zero-order valence-corrected chi connectivity index (χ0v) is 24.8. The highest BCUT2D eigenvalue weighted by Crippen LogP contribution is 2.41. The number of nitrogens with zero attached hydrogens (tertiary/aromatic N) is 4. The van der Waals surface area contributed by atoms with Gasteiger partial charge in [-0.1, -0.05) is 6.07 Å². The zero-order valence-electron chi connectivity index (χ0n) is 24.8. The summed E-state index contributed by atoms with van der Waals surface area (Å²) in [6, 6.07) is 11.5. The van der Waals surface area contributed by atoms with Crippen LogP contribution in [0.1, 0.15) is 70.1 Å². The first-order chi connectivity index (χ1) is 21.0. The summed E-state index contributed by atoms with van der Waals surface area (Å²) in [6.45, 7) is 3.74. The summed E-state index contributed by atoms with van der Waals surface area (Å²) in [5.41, 5.74) is 2.25. The number of carbonyl (C=O) groups excluding carboxylic acids is 2.